The second kappa shape index (κ2) is 10.6. The Balaban J connectivity index is 1.57. The number of amides is 1. The van der Waals surface area contributed by atoms with Gasteiger partial charge in [-0.05, 0) is 62.2 Å². The quantitative estimate of drug-likeness (QED) is 0.224. The second-order valence-corrected chi connectivity index (χ2v) is 9.93. The summed E-state index contributed by atoms with van der Waals surface area (Å²) in [6.45, 7) is 5.36. The molecular weight excluding hydrogens is 478 g/mol. The van der Waals surface area contributed by atoms with Gasteiger partial charge in [0.25, 0.3) is 10.0 Å². The molecular formula is C25H27N7O3S. The highest BCUT2D eigenvalue weighted by atomic mass is 32.2. The Morgan fingerprint density at radius 1 is 1.00 bits per heavy atom. The number of hydrogen-bond acceptors (Lipinski definition) is 6. The third-order valence-corrected chi connectivity index (χ3v) is 6.61. The minimum Gasteiger partial charge on any atom is -0.361 e. The van der Waals surface area contributed by atoms with E-state index in [9.17, 15) is 13.2 Å². The Bertz CT molecular complexity index is 1510. The minimum absolute atomic E-state index is 0.00535. The van der Waals surface area contributed by atoms with Crippen LogP contribution in [0.3, 0.4) is 0 Å². The largest absolute Gasteiger partial charge is 0.361 e. The van der Waals surface area contributed by atoms with Crippen LogP contribution in [0.4, 0.5) is 11.6 Å². The maximum absolute atomic E-state index is 13.1. The Hall–Kier alpha value is -4.25. The van der Waals surface area contributed by atoms with Crippen molar-refractivity contribution < 1.29 is 13.2 Å². The molecule has 4 N–H and O–H groups in total. The van der Waals surface area contributed by atoms with Gasteiger partial charge in [0.1, 0.15) is 0 Å². The summed E-state index contributed by atoms with van der Waals surface area (Å²) in [6, 6.07) is 15.6. The summed E-state index contributed by atoms with van der Waals surface area (Å²) in [5, 5.41) is 6.62. The van der Waals surface area contributed by atoms with Crippen LogP contribution >= 0.6 is 0 Å². The van der Waals surface area contributed by atoms with Gasteiger partial charge in [-0.15, -0.1) is 0 Å². The number of aliphatic imine (C=N–C) groups is 1. The van der Waals surface area contributed by atoms with E-state index >= 15 is 0 Å². The van der Waals surface area contributed by atoms with Crippen LogP contribution in [0.1, 0.15) is 23.9 Å². The number of aromatic amines is 1. The van der Waals surface area contributed by atoms with Gasteiger partial charge in [0.05, 0.1) is 4.90 Å². The average molecular weight is 506 g/mol. The van der Waals surface area contributed by atoms with Gasteiger partial charge >= 0.3 is 0 Å². The molecule has 0 aliphatic carbocycles. The van der Waals surface area contributed by atoms with Crippen molar-refractivity contribution >= 4 is 44.4 Å². The van der Waals surface area contributed by atoms with Crippen molar-refractivity contribution in [2.45, 2.75) is 32.1 Å². The fraction of sp³-hybridized carbons (Fsp3) is 0.200. The second-order valence-electron chi connectivity index (χ2n) is 8.25. The number of aryl methyl sites for hydroxylation is 2. The van der Waals surface area contributed by atoms with Gasteiger partial charge in [0.15, 0.2) is 0 Å². The molecule has 4 aromatic rings. The number of nitrogens with one attached hydrogen (secondary N) is 4. The summed E-state index contributed by atoms with van der Waals surface area (Å²) in [4.78, 5) is 27.6. The number of nitrogens with zero attached hydrogens (tertiary/aromatic N) is 3. The Morgan fingerprint density at radius 3 is 2.39 bits per heavy atom. The first kappa shape index (κ1) is 24.9. The van der Waals surface area contributed by atoms with E-state index in [2.05, 4.69) is 35.3 Å². The third kappa shape index (κ3) is 6.25. The molecule has 0 radical (unpaired) electrons. The van der Waals surface area contributed by atoms with Gasteiger partial charge in [-0.3, -0.25) is 15.1 Å². The number of guanidine groups is 1. The topological polar surface area (TPSA) is 141 Å². The number of anilines is 2. The van der Waals surface area contributed by atoms with Crippen LogP contribution in [0.5, 0.6) is 0 Å². The number of aromatic nitrogens is 3. The van der Waals surface area contributed by atoms with Gasteiger partial charge in [-0.2, -0.15) is 0 Å². The number of sulfonamides is 1. The summed E-state index contributed by atoms with van der Waals surface area (Å²) in [5.41, 5.74) is 4.07. The fourth-order valence-corrected chi connectivity index (χ4v) is 4.70. The van der Waals surface area contributed by atoms with E-state index < -0.39 is 10.0 Å². The minimum atomic E-state index is -3.98. The van der Waals surface area contributed by atoms with E-state index in [1.807, 2.05) is 50.4 Å². The molecule has 10 nitrogen and oxygen atoms in total. The van der Waals surface area contributed by atoms with Crippen LogP contribution in [-0.4, -0.2) is 41.8 Å². The first-order chi connectivity index (χ1) is 17.2. The van der Waals surface area contributed by atoms with Crippen LogP contribution < -0.4 is 15.4 Å². The molecule has 0 bridgehead atoms. The monoisotopic (exact) mass is 505 g/mol. The molecule has 0 saturated heterocycles. The Kier molecular flexibility index (Phi) is 7.30. The molecule has 0 atom stereocenters. The smallest absolute Gasteiger partial charge is 0.264 e. The van der Waals surface area contributed by atoms with Gasteiger partial charge in [0, 0.05) is 47.6 Å². The maximum atomic E-state index is 13.1. The first-order valence-electron chi connectivity index (χ1n) is 11.3. The number of carbonyl (C=O) groups excluding carboxylic acids is 1. The number of hydrogen-bond donors (Lipinski definition) is 4. The van der Waals surface area contributed by atoms with E-state index in [1.165, 1.54) is 31.2 Å². The molecule has 11 heteroatoms. The summed E-state index contributed by atoms with van der Waals surface area (Å²) in [7, 11) is -3.98. The SMILES string of the molecule is CC(=O)Nc1ccc(S(=O)(=O)NC(=NCCc2c[nH]c3ccccc23)Nc2nc(C)cc(C)n2)cc1. The normalized spacial score (nSPS) is 11.9. The molecule has 36 heavy (non-hydrogen) atoms. The predicted molar refractivity (Wildman–Crippen MR) is 141 cm³/mol. The van der Waals surface area contributed by atoms with Crippen molar-refractivity contribution in [2.75, 3.05) is 17.2 Å². The maximum Gasteiger partial charge on any atom is 0.264 e. The molecule has 0 saturated carbocycles. The molecule has 0 fully saturated rings. The number of benzene rings is 2. The van der Waals surface area contributed by atoms with Crippen LogP contribution in [-0.2, 0) is 21.2 Å². The van der Waals surface area contributed by atoms with Crippen molar-refractivity contribution in [3.8, 4) is 0 Å². The van der Waals surface area contributed by atoms with Crippen molar-refractivity contribution in [1.82, 2.24) is 19.7 Å². The van der Waals surface area contributed by atoms with Crippen molar-refractivity contribution in [2.24, 2.45) is 4.99 Å². The summed E-state index contributed by atoms with van der Waals surface area (Å²) < 4.78 is 28.7. The number of para-hydroxylation sites is 1. The molecule has 186 valence electrons. The lowest BCUT2D eigenvalue weighted by Crippen LogP contribution is -2.37. The molecule has 0 unspecified atom stereocenters. The summed E-state index contributed by atoms with van der Waals surface area (Å²) >= 11 is 0. The highest BCUT2D eigenvalue weighted by Crippen LogP contribution is 2.18. The average Bonchev–Trinajstić information content (AvgIpc) is 3.21. The van der Waals surface area contributed by atoms with Crippen LogP contribution in [0.25, 0.3) is 10.9 Å². The van der Waals surface area contributed by atoms with Gasteiger partial charge in [-0.1, -0.05) is 18.2 Å². The van der Waals surface area contributed by atoms with Crippen molar-refractivity contribution in [3.63, 3.8) is 0 Å². The lowest BCUT2D eigenvalue weighted by molar-refractivity contribution is -0.114. The predicted octanol–water partition coefficient (Wildman–Crippen LogP) is 3.52. The van der Waals surface area contributed by atoms with E-state index in [4.69, 9.17) is 0 Å². The zero-order valence-electron chi connectivity index (χ0n) is 20.2. The highest BCUT2D eigenvalue weighted by molar-refractivity contribution is 7.90. The lowest BCUT2D eigenvalue weighted by Gasteiger charge is -2.13. The number of rotatable bonds is 7. The molecule has 2 heterocycles. The summed E-state index contributed by atoms with van der Waals surface area (Å²) in [6.07, 6.45) is 2.52. The van der Waals surface area contributed by atoms with Crippen LogP contribution in [0, 0.1) is 13.8 Å². The first-order valence-corrected chi connectivity index (χ1v) is 12.8. The fourth-order valence-electron chi connectivity index (χ4n) is 3.72. The molecule has 4 rings (SSSR count). The Morgan fingerprint density at radius 2 is 1.69 bits per heavy atom. The van der Waals surface area contributed by atoms with E-state index in [0.29, 0.717) is 18.7 Å². The molecule has 0 aliphatic rings. The standard InChI is InChI=1S/C25H27N7O3S/c1-16-14-17(2)29-25(28-16)31-24(26-13-12-19-15-27-23-7-5-4-6-22(19)23)32-36(34,35)21-10-8-20(9-11-21)30-18(3)33/h4-11,14-15,27H,12-13H2,1-3H3,(H,30,33)(H2,26,28,29,31,32). The van der Waals surface area contributed by atoms with E-state index in [-0.39, 0.29) is 22.7 Å². The molecule has 1 amide bonds. The van der Waals surface area contributed by atoms with Crippen molar-refractivity contribution in [1.29, 1.82) is 0 Å². The molecule has 2 aromatic carbocycles. The highest BCUT2D eigenvalue weighted by Gasteiger charge is 2.18. The molecule has 2 aromatic heterocycles. The Labute approximate surface area is 209 Å². The van der Waals surface area contributed by atoms with E-state index in [1.54, 1.807) is 0 Å². The number of fused-ring (bicyclic) bond motifs is 1. The third-order valence-electron chi connectivity index (χ3n) is 5.25. The van der Waals surface area contributed by atoms with Gasteiger partial charge in [0.2, 0.25) is 17.8 Å². The zero-order valence-corrected chi connectivity index (χ0v) is 21.0. The lowest BCUT2D eigenvalue weighted by atomic mass is 10.1. The molecule has 0 spiro atoms. The number of H-pyrrole nitrogens is 1. The zero-order chi connectivity index (χ0) is 25.7. The molecule has 0 aliphatic heterocycles. The van der Waals surface area contributed by atoms with Gasteiger partial charge < -0.3 is 10.3 Å². The van der Waals surface area contributed by atoms with Crippen molar-refractivity contribution in [3.05, 3.63) is 77.7 Å². The van der Waals surface area contributed by atoms with Crippen LogP contribution in [0.15, 0.2) is 70.7 Å². The number of carbonyl (C=O) groups is 1. The van der Waals surface area contributed by atoms with Gasteiger partial charge in [-0.25, -0.2) is 23.1 Å². The summed E-state index contributed by atoms with van der Waals surface area (Å²) in [5.74, 6) is -0.00108. The van der Waals surface area contributed by atoms with Crippen LogP contribution in [0.2, 0.25) is 0 Å². The van der Waals surface area contributed by atoms with E-state index in [0.717, 1.165) is 27.9 Å².